The highest BCUT2D eigenvalue weighted by Crippen LogP contribution is 2.45. The zero-order valence-corrected chi connectivity index (χ0v) is 12.4. The largest absolute Gasteiger partial charge is 0.484 e. The summed E-state index contributed by atoms with van der Waals surface area (Å²) in [6.45, 7) is 6.06. The van der Waals surface area contributed by atoms with Gasteiger partial charge in [-0.3, -0.25) is 0 Å². The van der Waals surface area contributed by atoms with Crippen molar-refractivity contribution >= 4 is 23.3 Å². The van der Waals surface area contributed by atoms with Gasteiger partial charge >= 0.3 is 11.9 Å². The third-order valence-electron chi connectivity index (χ3n) is 2.53. The molecule has 0 saturated carbocycles. The average Bonchev–Trinajstić information content (AvgIpc) is 2.78. The van der Waals surface area contributed by atoms with Crippen molar-refractivity contribution in [3.63, 3.8) is 0 Å². The van der Waals surface area contributed by atoms with E-state index in [-0.39, 0.29) is 40.6 Å². The highest BCUT2D eigenvalue weighted by molar-refractivity contribution is 7.16. The lowest BCUT2D eigenvalue weighted by Crippen LogP contribution is -2.26. The van der Waals surface area contributed by atoms with E-state index in [0.29, 0.717) is 6.61 Å². The highest BCUT2D eigenvalue weighted by atomic mass is 32.1. The first-order chi connectivity index (χ1) is 9.58. The van der Waals surface area contributed by atoms with E-state index in [0.717, 1.165) is 11.3 Å². The lowest BCUT2D eigenvalue weighted by atomic mass is 10.3. The van der Waals surface area contributed by atoms with Crippen molar-refractivity contribution < 1.29 is 28.5 Å². The summed E-state index contributed by atoms with van der Waals surface area (Å²) >= 11 is 0.974. The van der Waals surface area contributed by atoms with Gasteiger partial charge in [0.25, 0.3) is 0 Å². The van der Waals surface area contributed by atoms with Crippen LogP contribution in [-0.4, -0.2) is 37.9 Å². The van der Waals surface area contributed by atoms with Crippen LogP contribution in [0.1, 0.15) is 40.1 Å². The van der Waals surface area contributed by atoms with Crippen LogP contribution in [0.15, 0.2) is 0 Å². The molecule has 0 amide bonds. The Kier molecular flexibility index (Phi) is 4.49. The zero-order chi connectivity index (χ0) is 14.7. The normalized spacial score (nSPS) is 16.6. The van der Waals surface area contributed by atoms with Gasteiger partial charge in [0.05, 0.1) is 13.2 Å². The summed E-state index contributed by atoms with van der Waals surface area (Å²) in [5.41, 5.74) is 0. The minimum atomic E-state index is -0.526. The molecule has 1 aromatic heterocycles. The molecule has 0 N–H and O–H groups in total. The fourth-order valence-corrected chi connectivity index (χ4v) is 2.70. The van der Waals surface area contributed by atoms with Gasteiger partial charge in [-0.2, -0.15) is 0 Å². The lowest BCUT2D eigenvalue weighted by molar-refractivity contribution is 0.0492. The number of rotatable bonds is 4. The van der Waals surface area contributed by atoms with Gasteiger partial charge in [-0.15, -0.1) is 11.3 Å². The molecule has 1 aliphatic rings. The second-order valence-electron chi connectivity index (χ2n) is 4.10. The van der Waals surface area contributed by atoms with Crippen LogP contribution in [0.3, 0.4) is 0 Å². The summed E-state index contributed by atoms with van der Waals surface area (Å²) < 4.78 is 21.1. The first kappa shape index (κ1) is 14.6. The van der Waals surface area contributed by atoms with E-state index in [9.17, 15) is 9.59 Å². The Morgan fingerprint density at radius 1 is 1.15 bits per heavy atom. The predicted molar refractivity (Wildman–Crippen MR) is 71.8 cm³/mol. The van der Waals surface area contributed by atoms with E-state index in [2.05, 4.69) is 0 Å². The molecule has 7 heteroatoms. The highest BCUT2D eigenvalue weighted by Gasteiger charge is 2.34. The number of ether oxygens (including phenoxy) is 4. The first-order valence-corrected chi connectivity index (χ1v) is 7.20. The molecule has 1 aliphatic heterocycles. The van der Waals surface area contributed by atoms with Gasteiger partial charge in [0, 0.05) is 0 Å². The van der Waals surface area contributed by atoms with Gasteiger partial charge in [0.2, 0.25) is 0 Å². The molecule has 0 spiro atoms. The van der Waals surface area contributed by atoms with E-state index in [1.165, 1.54) is 0 Å². The summed E-state index contributed by atoms with van der Waals surface area (Å²) in [6, 6.07) is 0. The van der Waals surface area contributed by atoms with Gasteiger partial charge < -0.3 is 18.9 Å². The molecule has 0 fully saturated rings. The van der Waals surface area contributed by atoms with Crippen molar-refractivity contribution in [1.82, 2.24) is 0 Å². The average molecular weight is 300 g/mol. The van der Waals surface area contributed by atoms with E-state index in [1.54, 1.807) is 13.8 Å². The molecule has 0 aliphatic carbocycles. The molecule has 2 rings (SSSR count). The number of hydrogen-bond acceptors (Lipinski definition) is 7. The van der Waals surface area contributed by atoms with E-state index < -0.39 is 11.9 Å². The Morgan fingerprint density at radius 3 is 2.25 bits per heavy atom. The number of fused-ring (bicyclic) bond motifs is 1. The Morgan fingerprint density at radius 2 is 1.70 bits per heavy atom. The molecule has 0 aromatic carbocycles. The Hall–Kier alpha value is -1.76. The number of carbonyl (C=O) groups is 2. The minimum absolute atomic E-state index is 0.194. The maximum atomic E-state index is 11.9. The molecule has 0 unspecified atom stereocenters. The van der Waals surface area contributed by atoms with Crippen molar-refractivity contribution in [2.75, 3.05) is 19.8 Å². The van der Waals surface area contributed by atoms with Gasteiger partial charge in [-0.25, -0.2) is 9.59 Å². The molecular weight excluding hydrogens is 284 g/mol. The number of esters is 2. The molecule has 1 aromatic rings. The van der Waals surface area contributed by atoms with Crippen LogP contribution in [-0.2, 0) is 9.47 Å². The van der Waals surface area contributed by atoms with E-state index >= 15 is 0 Å². The summed E-state index contributed by atoms with van der Waals surface area (Å²) in [5, 5.41) is 0. The first-order valence-electron chi connectivity index (χ1n) is 6.38. The van der Waals surface area contributed by atoms with Crippen LogP contribution in [0.5, 0.6) is 11.5 Å². The molecule has 0 radical (unpaired) electrons. The molecule has 2 heterocycles. The van der Waals surface area contributed by atoms with Crippen LogP contribution in [0.4, 0.5) is 0 Å². The smallest absolute Gasteiger partial charge is 0.352 e. The third-order valence-corrected chi connectivity index (χ3v) is 3.64. The maximum Gasteiger partial charge on any atom is 0.352 e. The monoisotopic (exact) mass is 300 g/mol. The van der Waals surface area contributed by atoms with Crippen LogP contribution in [0.25, 0.3) is 0 Å². The standard InChI is InChI=1S/C13H16O6S/c1-4-16-12(14)10-8-9(19-7(3)6-18-8)11(20-10)13(15)17-5-2/h7H,4-6H2,1-3H3/t7-/m1/s1. The zero-order valence-electron chi connectivity index (χ0n) is 11.6. The molecular formula is C13H16O6S. The number of hydrogen-bond donors (Lipinski definition) is 0. The van der Waals surface area contributed by atoms with Crippen LogP contribution in [0, 0.1) is 0 Å². The quantitative estimate of drug-likeness (QED) is 0.794. The van der Waals surface area contributed by atoms with Crippen molar-refractivity contribution in [3.8, 4) is 11.5 Å². The summed E-state index contributed by atoms with van der Waals surface area (Å²) in [6.07, 6.45) is -0.194. The minimum Gasteiger partial charge on any atom is -0.484 e. The van der Waals surface area contributed by atoms with E-state index in [1.807, 2.05) is 6.92 Å². The van der Waals surface area contributed by atoms with Crippen LogP contribution in [0.2, 0.25) is 0 Å². The Labute approximate surface area is 120 Å². The predicted octanol–water partition coefficient (Wildman–Crippen LogP) is 2.26. The molecule has 6 nitrogen and oxygen atoms in total. The fourth-order valence-electron chi connectivity index (χ4n) is 1.74. The third kappa shape index (κ3) is 2.72. The van der Waals surface area contributed by atoms with Gasteiger partial charge in [-0.1, -0.05) is 0 Å². The van der Waals surface area contributed by atoms with Crippen LogP contribution < -0.4 is 9.47 Å². The van der Waals surface area contributed by atoms with Crippen LogP contribution >= 0.6 is 11.3 Å². The molecule has 0 saturated heterocycles. The lowest BCUT2D eigenvalue weighted by Gasteiger charge is -2.22. The Bertz CT molecular complexity index is 521. The second-order valence-corrected chi connectivity index (χ2v) is 5.12. The number of carbonyl (C=O) groups excluding carboxylic acids is 2. The molecule has 0 bridgehead atoms. The molecule has 20 heavy (non-hydrogen) atoms. The van der Waals surface area contributed by atoms with Crippen molar-refractivity contribution in [1.29, 1.82) is 0 Å². The fraction of sp³-hybridized carbons (Fsp3) is 0.538. The van der Waals surface area contributed by atoms with Crippen molar-refractivity contribution in [2.24, 2.45) is 0 Å². The molecule has 110 valence electrons. The van der Waals surface area contributed by atoms with Crippen molar-refractivity contribution in [2.45, 2.75) is 26.9 Å². The van der Waals surface area contributed by atoms with Gasteiger partial charge in [0.15, 0.2) is 21.3 Å². The summed E-state index contributed by atoms with van der Waals surface area (Å²) in [5.74, 6) is -0.505. The maximum absolute atomic E-state index is 11.9. The summed E-state index contributed by atoms with van der Waals surface area (Å²) in [7, 11) is 0. The summed E-state index contributed by atoms with van der Waals surface area (Å²) in [4.78, 5) is 24.3. The SMILES string of the molecule is CCOC(=O)c1sc(C(=O)OCC)c2c1OC[C@@H](C)O2. The van der Waals surface area contributed by atoms with Gasteiger partial charge in [0.1, 0.15) is 12.7 Å². The number of thiophene rings is 1. The molecule has 1 atom stereocenters. The Balaban J connectivity index is 2.42. The van der Waals surface area contributed by atoms with Gasteiger partial charge in [-0.05, 0) is 20.8 Å². The second kappa shape index (κ2) is 6.13. The topological polar surface area (TPSA) is 71.1 Å². The van der Waals surface area contributed by atoms with E-state index in [4.69, 9.17) is 18.9 Å². The van der Waals surface area contributed by atoms with Crippen molar-refractivity contribution in [3.05, 3.63) is 9.75 Å².